The fourth-order valence-corrected chi connectivity index (χ4v) is 2.75. The van der Waals surface area contributed by atoms with Gasteiger partial charge < -0.3 is 10.1 Å². The molecule has 6 heteroatoms. The summed E-state index contributed by atoms with van der Waals surface area (Å²) in [5.74, 6) is 0.675. The summed E-state index contributed by atoms with van der Waals surface area (Å²) in [6.07, 6.45) is 0. The minimum absolute atomic E-state index is 0.255. The van der Waals surface area contributed by atoms with Crippen molar-refractivity contribution in [2.45, 2.75) is 26.5 Å². The van der Waals surface area contributed by atoms with Crippen molar-refractivity contribution < 1.29 is 4.74 Å². The van der Waals surface area contributed by atoms with E-state index in [0.717, 1.165) is 21.4 Å². The van der Waals surface area contributed by atoms with Crippen molar-refractivity contribution in [1.82, 2.24) is 15.1 Å². The van der Waals surface area contributed by atoms with Gasteiger partial charge in [-0.2, -0.15) is 5.10 Å². The molecule has 2 aromatic rings. The fraction of sp³-hybridized carbons (Fsp3) is 0.400. The van der Waals surface area contributed by atoms with Crippen LogP contribution in [0.2, 0.25) is 5.02 Å². The molecule has 0 saturated heterocycles. The third-order valence-corrected chi connectivity index (χ3v) is 4.84. The number of ether oxygens (including phenoxy) is 1. The molecular formula is C15H19BrClN3O. The van der Waals surface area contributed by atoms with E-state index in [1.165, 1.54) is 0 Å². The van der Waals surface area contributed by atoms with E-state index in [2.05, 4.69) is 33.3 Å². The van der Waals surface area contributed by atoms with Gasteiger partial charge in [-0.15, -0.1) is 0 Å². The molecule has 0 amide bonds. The monoisotopic (exact) mass is 371 g/mol. The van der Waals surface area contributed by atoms with Crippen LogP contribution in [0.3, 0.4) is 0 Å². The molecule has 1 aromatic heterocycles. The molecular weight excluding hydrogens is 354 g/mol. The van der Waals surface area contributed by atoms with Crippen LogP contribution in [0.5, 0.6) is 5.75 Å². The summed E-state index contributed by atoms with van der Waals surface area (Å²) in [6.45, 7) is 4.45. The van der Waals surface area contributed by atoms with E-state index in [0.29, 0.717) is 17.4 Å². The number of halogens is 2. The predicted molar refractivity (Wildman–Crippen MR) is 88.9 cm³/mol. The highest BCUT2D eigenvalue weighted by molar-refractivity contribution is 9.10. The largest absolute Gasteiger partial charge is 0.486 e. The molecule has 1 aromatic carbocycles. The second-order valence-corrected chi connectivity index (χ2v) is 6.16. The summed E-state index contributed by atoms with van der Waals surface area (Å²) < 4.78 is 8.61. The van der Waals surface area contributed by atoms with Crippen LogP contribution in [0.15, 0.2) is 22.7 Å². The van der Waals surface area contributed by atoms with E-state index in [1.54, 1.807) is 0 Å². The molecule has 0 aliphatic rings. The van der Waals surface area contributed by atoms with Gasteiger partial charge in [-0.25, -0.2) is 0 Å². The minimum Gasteiger partial charge on any atom is -0.486 e. The zero-order valence-electron chi connectivity index (χ0n) is 12.6. The maximum atomic E-state index is 6.29. The molecule has 114 valence electrons. The summed E-state index contributed by atoms with van der Waals surface area (Å²) in [7, 11) is 3.82. The molecule has 2 rings (SSSR count). The molecule has 0 bridgehead atoms. The van der Waals surface area contributed by atoms with E-state index < -0.39 is 0 Å². The van der Waals surface area contributed by atoms with Gasteiger partial charge in [0.1, 0.15) is 12.4 Å². The molecule has 1 N–H and O–H groups in total. The van der Waals surface area contributed by atoms with Crippen molar-refractivity contribution in [3.05, 3.63) is 44.6 Å². The number of nitrogens with zero attached hydrogens (tertiary/aromatic N) is 2. The van der Waals surface area contributed by atoms with Gasteiger partial charge in [0, 0.05) is 13.1 Å². The number of nitrogens with one attached hydrogen (secondary N) is 1. The minimum atomic E-state index is 0.255. The van der Waals surface area contributed by atoms with Crippen LogP contribution in [0.1, 0.15) is 29.9 Å². The summed E-state index contributed by atoms with van der Waals surface area (Å²) in [5.41, 5.74) is 3.06. The van der Waals surface area contributed by atoms with Crippen LogP contribution in [-0.2, 0) is 13.7 Å². The number of hydrogen-bond donors (Lipinski definition) is 1. The summed E-state index contributed by atoms with van der Waals surface area (Å²) >= 11 is 9.82. The van der Waals surface area contributed by atoms with Crippen LogP contribution >= 0.6 is 27.5 Å². The van der Waals surface area contributed by atoms with Crippen molar-refractivity contribution in [2.75, 3.05) is 7.05 Å². The molecule has 0 radical (unpaired) electrons. The molecule has 1 unspecified atom stereocenters. The molecule has 0 aliphatic carbocycles. The van der Waals surface area contributed by atoms with E-state index in [4.69, 9.17) is 16.3 Å². The van der Waals surface area contributed by atoms with Crippen molar-refractivity contribution in [1.29, 1.82) is 0 Å². The predicted octanol–water partition coefficient (Wildman–Crippen LogP) is 4.00. The Morgan fingerprint density at radius 3 is 2.71 bits per heavy atom. The Kier molecular flexibility index (Phi) is 5.30. The van der Waals surface area contributed by atoms with Crippen LogP contribution < -0.4 is 10.1 Å². The van der Waals surface area contributed by atoms with Crippen LogP contribution in [0, 0.1) is 6.92 Å². The normalized spacial score (nSPS) is 12.5. The Morgan fingerprint density at radius 2 is 2.19 bits per heavy atom. The molecule has 21 heavy (non-hydrogen) atoms. The Balaban J connectivity index is 2.13. The lowest BCUT2D eigenvalue weighted by Gasteiger charge is -2.13. The quantitative estimate of drug-likeness (QED) is 0.862. The average molecular weight is 373 g/mol. The SMILES string of the molecule is CNC(C)c1ccc(OCc2c(Br)c(C)nn2C)c(Cl)c1. The van der Waals surface area contributed by atoms with Gasteiger partial charge in [0.25, 0.3) is 0 Å². The van der Waals surface area contributed by atoms with E-state index in [-0.39, 0.29) is 6.04 Å². The average Bonchev–Trinajstić information content (AvgIpc) is 2.70. The zero-order chi connectivity index (χ0) is 15.6. The van der Waals surface area contributed by atoms with Crippen LogP contribution in [-0.4, -0.2) is 16.8 Å². The Hall–Kier alpha value is -1.04. The molecule has 0 aliphatic heterocycles. The number of aryl methyl sites for hydroxylation is 2. The van der Waals surface area contributed by atoms with Gasteiger partial charge >= 0.3 is 0 Å². The maximum Gasteiger partial charge on any atom is 0.138 e. The Labute approximate surface area is 138 Å². The Morgan fingerprint density at radius 1 is 1.48 bits per heavy atom. The third-order valence-electron chi connectivity index (χ3n) is 3.51. The topological polar surface area (TPSA) is 39.1 Å². The highest BCUT2D eigenvalue weighted by Crippen LogP contribution is 2.29. The second kappa shape index (κ2) is 6.81. The standard InChI is InChI=1S/C15H19BrClN3O/c1-9(18-3)11-5-6-14(12(17)7-11)21-8-13-15(16)10(2)19-20(13)4/h5-7,9,18H,8H2,1-4H3. The van der Waals surface area contributed by atoms with Crippen molar-refractivity contribution in [3.8, 4) is 5.75 Å². The van der Waals surface area contributed by atoms with E-state index >= 15 is 0 Å². The van der Waals surface area contributed by atoms with Crippen LogP contribution in [0.4, 0.5) is 0 Å². The molecule has 4 nitrogen and oxygen atoms in total. The summed E-state index contributed by atoms with van der Waals surface area (Å²) in [4.78, 5) is 0. The van der Waals surface area contributed by atoms with Crippen molar-refractivity contribution in [2.24, 2.45) is 7.05 Å². The van der Waals surface area contributed by atoms with E-state index in [9.17, 15) is 0 Å². The molecule has 0 saturated carbocycles. The molecule has 1 heterocycles. The van der Waals surface area contributed by atoms with Gasteiger partial charge in [-0.1, -0.05) is 17.7 Å². The van der Waals surface area contributed by atoms with Crippen LogP contribution in [0.25, 0.3) is 0 Å². The maximum absolute atomic E-state index is 6.29. The fourth-order valence-electron chi connectivity index (χ4n) is 2.05. The first-order valence-corrected chi connectivity index (χ1v) is 7.88. The molecule has 1 atom stereocenters. The van der Waals surface area contributed by atoms with Gasteiger partial charge in [-0.3, -0.25) is 4.68 Å². The molecule has 0 fully saturated rings. The summed E-state index contributed by atoms with van der Waals surface area (Å²) in [5, 5.41) is 8.14. The number of rotatable bonds is 5. The lowest BCUT2D eigenvalue weighted by atomic mass is 10.1. The second-order valence-electron chi connectivity index (χ2n) is 4.96. The number of hydrogen-bond acceptors (Lipinski definition) is 3. The van der Waals surface area contributed by atoms with Gasteiger partial charge in [-0.05, 0) is 54.5 Å². The van der Waals surface area contributed by atoms with Crippen molar-refractivity contribution in [3.63, 3.8) is 0 Å². The van der Waals surface area contributed by atoms with E-state index in [1.807, 2.05) is 43.9 Å². The number of aromatic nitrogens is 2. The van der Waals surface area contributed by atoms with Crippen molar-refractivity contribution >= 4 is 27.5 Å². The first-order chi connectivity index (χ1) is 9.93. The summed E-state index contributed by atoms with van der Waals surface area (Å²) in [6, 6.07) is 6.11. The Bertz CT molecular complexity index is 642. The zero-order valence-corrected chi connectivity index (χ0v) is 14.9. The highest BCUT2D eigenvalue weighted by Gasteiger charge is 2.13. The lowest BCUT2D eigenvalue weighted by molar-refractivity contribution is 0.294. The van der Waals surface area contributed by atoms with Gasteiger partial charge in [0.15, 0.2) is 0 Å². The third kappa shape index (κ3) is 3.59. The highest BCUT2D eigenvalue weighted by atomic mass is 79.9. The van der Waals surface area contributed by atoms with Gasteiger partial charge in [0.2, 0.25) is 0 Å². The first kappa shape index (κ1) is 16.3. The number of benzene rings is 1. The smallest absolute Gasteiger partial charge is 0.138 e. The lowest BCUT2D eigenvalue weighted by Crippen LogP contribution is -2.12. The first-order valence-electron chi connectivity index (χ1n) is 6.71. The van der Waals surface area contributed by atoms with Gasteiger partial charge in [0.05, 0.1) is 20.9 Å². The molecule has 0 spiro atoms.